The van der Waals surface area contributed by atoms with Gasteiger partial charge in [-0.3, -0.25) is 0 Å². The first kappa shape index (κ1) is 12.1. The molecule has 0 bridgehead atoms. The average Bonchev–Trinajstić information content (AvgIpc) is 2.38. The highest BCUT2D eigenvalue weighted by molar-refractivity contribution is 7.17. The van der Waals surface area contributed by atoms with Crippen LogP contribution in [0.3, 0.4) is 0 Å². The van der Waals surface area contributed by atoms with E-state index in [0.29, 0.717) is 0 Å². The van der Waals surface area contributed by atoms with Gasteiger partial charge in [0.15, 0.2) is 0 Å². The maximum absolute atomic E-state index is 2.46. The predicted octanol–water partition coefficient (Wildman–Crippen LogP) is 4.05. The van der Waals surface area contributed by atoms with Crippen molar-refractivity contribution in [3.05, 3.63) is 14.5 Å². The van der Waals surface area contributed by atoms with Crippen LogP contribution >= 0.6 is 11.3 Å². The van der Waals surface area contributed by atoms with E-state index >= 15 is 0 Å². The van der Waals surface area contributed by atoms with Gasteiger partial charge in [0.2, 0.25) is 0 Å². The summed E-state index contributed by atoms with van der Waals surface area (Å²) in [5, 5.41) is 1.81. The van der Waals surface area contributed by atoms with E-state index in [0.717, 1.165) is 0 Å². The minimum Gasteiger partial charge on any atom is -0.151 e. The van der Waals surface area contributed by atoms with Crippen LogP contribution in [0.4, 0.5) is 0 Å². The van der Waals surface area contributed by atoms with E-state index in [1.165, 1.54) is 32.1 Å². The summed E-state index contributed by atoms with van der Waals surface area (Å²) in [4.78, 5) is 1.62. The Hall–Kier alpha value is 0.0469. The van der Waals surface area contributed by atoms with Gasteiger partial charge in [0.05, 0.1) is 8.40 Å². The largest absolute Gasteiger partial charge is 0.151 e. The van der Waals surface area contributed by atoms with Gasteiger partial charge in [-0.25, -0.2) is 0 Å². The molecule has 14 heavy (non-hydrogen) atoms. The van der Waals surface area contributed by atoms with E-state index in [9.17, 15) is 0 Å². The zero-order chi connectivity index (χ0) is 10.6. The molecule has 2 heteroatoms. The number of hydrogen-bond donors (Lipinski definition) is 0. The SMILES string of the molecule is CCCCCCc1c(C)sc(C)[si]1C. The number of rotatable bonds is 5. The maximum atomic E-state index is 2.46. The highest BCUT2D eigenvalue weighted by Crippen LogP contribution is 2.21. The molecular weight excluding hydrogens is 204 g/mol. The van der Waals surface area contributed by atoms with Gasteiger partial charge in [0.25, 0.3) is 0 Å². The molecule has 0 aliphatic heterocycles. The molecule has 0 saturated carbocycles. The molecular formula is C12H22SSi. The van der Waals surface area contributed by atoms with Crippen LogP contribution in [0.25, 0.3) is 0 Å². The average molecular weight is 226 g/mol. The Labute approximate surface area is 93.9 Å². The minimum atomic E-state index is -0.250. The summed E-state index contributed by atoms with van der Waals surface area (Å²) in [5.41, 5.74) is 0. The van der Waals surface area contributed by atoms with Crippen molar-refractivity contribution in [2.24, 2.45) is 6.55 Å². The lowest BCUT2D eigenvalue weighted by atomic mass is 10.1. The van der Waals surface area contributed by atoms with Gasteiger partial charge in [0, 0.05) is 4.88 Å². The van der Waals surface area contributed by atoms with E-state index in [1.807, 2.05) is 16.5 Å². The molecule has 1 heterocycles. The van der Waals surface area contributed by atoms with E-state index in [2.05, 4.69) is 27.3 Å². The Morgan fingerprint density at radius 1 is 1.14 bits per heavy atom. The second-order valence-corrected chi connectivity index (χ2v) is 8.52. The van der Waals surface area contributed by atoms with Crippen molar-refractivity contribution in [3.8, 4) is 0 Å². The normalized spacial score (nSPS) is 10.9. The molecule has 0 aliphatic carbocycles. The van der Waals surface area contributed by atoms with E-state index in [1.54, 1.807) is 9.37 Å². The lowest BCUT2D eigenvalue weighted by Crippen LogP contribution is -2.01. The van der Waals surface area contributed by atoms with Crippen molar-refractivity contribution in [1.29, 1.82) is 0 Å². The molecule has 0 N–H and O–H groups in total. The molecule has 1 aromatic heterocycles. The van der Waals surface area contributed by atoms with E-state index in [-0.39, 0.29) is 8.40 Å². The summed E-state index contributed by atoms with van der Waals surface area (Å²) >= 11 is 2.04. The molecule has 0 spiro atoms. The van der Waals surface area contributed by atoms with Crippen LogP contribution < -0.4 is 0 Å². The topological polar surface area (TPSA) is 0 Å². The van der Waals surface area contributed by atoms with Crippen molar-refractivity contribution in [2.45, 2.75) is 52.9 Å². The Morgan fingerprint density at radius 3 is 2.36 bits per heavy atom. The second-order valence-electron chi connectivity index (χ2n) is 4.13. The molecule has 0 saturated heterocycles. The van der Waals surface area contributed by atoms with Crippen LogP contribution in [0.15, 0.2) is 0 Å². The van der Waals surface area contributed by atoms with Crippen LogP contribution in [0, 0.1) is 13.8 Å². The van der Waals surface area contributed by atoms with Crippen molar-refractivity contribution in [1.82, 2.24) is 0 Å². The minimum absolute atomic E-state index is 0.250. The molecule has 0 amide bonds. The predicted molar refractivity (Wildman–Crippen MR) is 68.6 cm³/mol. The quantitative estimate of drug-likeness (QED) is 0.525. The van der Waals surface area contributed by atoms with Crippen LogP contribution in [0.5, 0.6) is 0 Å². The first-order valence-corrected chi connectivity index (χ1v) is 8.54. The van der Waals surface area contributed by atoms with Crippen LogP contribution in [0.2, 0.25) is 0 Å². The Morgan fingerprint density at radius 2 is 1.86 bits per heavy atom. The maximum Gasteiger partial charge on any atom is 0.0545 e. The van der Waals surface area contributed by atoms with Crippen LogP contribution in [0.1, 0.15) is 47.1 Å². The highest BCUT2D eigenvalue weighted by Gasteiger charge is 2.08. The van der Waals surface area contributed by atoms with Crippen molar-refractivity contribution in [3.63, 3.8) is 0 Å². The fourth-order valence-electron chi connectivity index (χ4n) is 1.94. The van der Waals surface area contributed by atoms with Gasteiger partial charge in [-0.15, -0.1) is 0 Å². The Balaban J connectivity index is 2.49. The lowest BCUT2D eigenvalue weighted by Gasteiger charge is -2.02. The standard InChI is InChI=1S/C12H22SSi/c1-5-6-7-8-9-12-10(2)13-11(3)14(12)4/h5-9H2,1-4H3. The number of hydrogen-bond acceptors (Lipinski definition) is 1. The highest BCUT2D eigenvalue weighted by atomic mass is 32.1. The zero-order valence-electron chi connectivity index (χ0n) is 9.94. The van der Waals surface area contributed by atoms with Crippen molar-refractivity contribution in [2.75, 3.05) is 0 Å². The number of unbranched alkanes of at least 4 members (excludes halogenated alkanes) is 3. The molecule has 0 fully saturated rings. The Bertz CT molecular complexity index is 289. The fourth-order valence-corrected chi connectivity index (χ4v) is 6.18. The molecule has 0 aromatic carbocycles. The van der Waals surface area contributed by atoms with E-state index in [4.69, 9.17) is 0 Å². The molecule has 1 rings (SSSR count). The summed E-state index contributed by atoms with van der Waals surface area (Å²) < 4.78 is 1.69. The molecule has 0 unspecified atom stereocenters. The zero-order valence-corrected chi connectivity index (χ0v) is 11.8. The van der Waals surface area contributed by atoms with Gasteiger partial charge in [-0.2, -0.15) is 11.3 Å². The summed E-state index contributed by atoms with van der Waals surface area (Å²) in [6, 6.07) is 0. The van der Waals surface area contributed by atoms with Gasteiger partial charge >= 0.3 is 0 Å². The first-order valence-electron chi connectivity index (χ1n) is 5.72. The van der Waals surface area contributed by atoms with Crippen LogP contribution in [-0.4, -0.2) is 8.40 Å². The summed E-state index contributed by atoms with van der Waals surface area (Å²) in [6.07, 6.45) is 6.97. The summed E-state index contributed by atoms with van der Waals surface area (Å²) in [5.74, 6) is 0. The third-order valence-electron chi connectivity index (χ3n) is 2.99. The van der Waals surface area contributed by atoms with Gasteiger partial charge in [0.1, 0.15) is 0 Å². The molecule has 0 aliphatic rings. The monoisotopic (exact) mass is 226 g/mol. The molecule has 0 atom stereocenters. The van der Waals surface area contributed by atoms with Crippen molar-refractivity contribution >= 4 is 19.7 Å². The van der Waals surface area contributed by atoms with Crippen LogP contribution in [-0.2, 0) is 13.0 Å². The second kappa shape index (κ2) is 5.81. The molecule has 0 radical (unpaired) electrons. The smallest absolute Gasteiger partial charge is 0.0545 e. The molecule has 0 nitrogen and oxygen atoms in total. The van der Waals surface area contributed by atoms with Gasteiger partial charge in [-0.1, -0.05) is 37.9 Å². The number of aryl methyl sites for hydroxylation is 2. The van der Waals surface area contributed by atoms with Gasteiger partial charge in [-0.05, 0) is 31.2 Å². The molecule has 80 valence electrons. The summed E-state index contributed by atoms with van der Waals surface area (Å²) in [6.45, 7) is 9.37. The first-order chi connectivity index (χ1) is 6.66. The van der Waals surface area contributed by atoms with E-state index < -0.39 is 0 Å². The van der Waals surface area contributed by atoms with Crippen molar-refractivity contribution < 1.29 is 0 Å². The summed E-state index contributed by atoms with van der Waals surface area (Å²) in [7, 11) is -0.250. The Kier molecular flexibility index (Phi) is 5.03. The lowest BCUT2D eigenvalue weighted by molar-refractivity contribution is 0.669. The van der Waals surface area contributed by atoms with Gasteiger partial charge < -0.3 is 0 Å². The third kappa shape index (κ3) is 3.02. The molecule has 1 aromatic rings. The third-order valence-corrected chi connectivity index (χ3v) is 7.84. The fraction of sp³-hybridized carbons (Fsp3) is 0.750.